The lowest BCUT2D eigenvalue weighted by Gasteiger charge is -2.22. The summed E-state index contributed by atoms with van der Waals surface area (Å²) in [6.07, 6.45) is 78.5. The zero-order valence-electron chi connectivity index (χ0n) is 51.3. The van der Waals surface area contributed by atoms with Crippen molar-refractivity contribution >= 4 is 11.9 Å². The normalized spacial score (nSPS) is 12.4. The molecule has 0 aromatic carbocycles. The lowest BCUT2D eigenvalue weighted by atomic mass is 10.0. The zero-order chi connectivity index (χ0) is 54.3. The Balaban J connectivity index is 3.34. The molecule has 1 amide bonds. The second kappa shape index (κ2) is 65.4. The molecule has 0 saturated carbocycles. The fourth-order valence-electron chi connectivity index (χ4n) is 11.4. The van der Waals surface area contributed by atoms with Crippen molar-refractivity contribution in [1.82, 2.24) is 5.32 Å². The summed E-state index contributed by atoms with van der Waals surface area (Å²) in [5, 5.41) is 23.4. The van der Waals surface area contributed by atoms with Gasteiger partial charge in [-0.05, 0) is 25.7 Å². The van der Waals surface area contributed by atoms with Gasteiger partial charge in [0.25, 0.3) is 0 Å². The van der Waals surface area contributed by atoms with Crippen LogP contribution in [0.5, 0.6) is 0 Å². The van der Waals surface area contributed by atoms with Gasteiger partial charge >= 0.3 is 5.97 Å². The summed E-state index contributed by atoms with van der Waals surface area (Å²) in [5.74, 6) is -0.00974. The number of hydrogen-bond donors (Lipinski definition) is 3. The molecule has 448 valence electrons. The van der Waals surface area contributed by atoms with Crippen LogP contribution in [0.15, 0.2) is 0 Å². The third-order valence-corrected chi connectivity index (χ3v) is 16.7. The number of hydrogen-bond acceptors (Lipinski definition) is 5. The van der Waals surface area contributed by atoms with Gasteiger partial charge in [0.2, 0.25) is 5.91 Å². The number of aliphatic hydroxyl groups is 2. The van der Waals surface area contributed by atoms with E-state index in [1.165, 1.54) is 334 Å². The van der Waals surface area contributed by atoms with Crippen LogP contribution in [0.25, 0.3) is 0 Å². The van der Waals surface area contributed by atoms with Crippen molar-refractivity contribution in [3.8, 4) is 0 Å². The van der Waals surface area contributed by atoms with Crippen LogP contribution in [0.4, 0.5) is 0 Å². The zero-order valence-corrected chi connectivity index (χ0v) is 51.3. The van der Waals surface area contributed by atoms with Crippen molar-refractivity contribution in [2.24, 2.45) is 0 Å². The minimum absolute atomic E-state index is 0.0203. The Labute approximate surface area is 470 Å². The molecule has 2 atom stereocenters. The van der Waals surface area contributed by atoms with Crippen molar-refractivity contribution in [3.63, 3.8) is 0 Å². The van der Waals surface area contributed by atoms with E-state index in [0.717, 1.165) is 38.5 Å². The lowest BCUT2D eigenvalue weighted by Crippen LogP contribution is -2.45. The summed E-state index contributed by atoms with van der Waals surface area (Å²) >= 11 is 0. The molecule has 6 heteroatoms. The lowest BCUT2D eigenvalue weighted by molar-refractivity contribution is -0.143. The van der Waals surface area contributed by atoms with Crippen LogP contribution in [0.2, 0.25) is 0 Å². The molecular formula is C69H137NO5. The van der Waals surface area contributed by atoms with Crippen LogP contribution in [0.3, 0.4) is 0 Å². The van der Waals surface area contributed by atoms with Gasteiger partial charge in [-0.25, -0.2) is 0 Å². The summed E-state index contributed by atoms with van der Waals surface area (Å²) in [5.41, 5.74) is 0. The predicted octanol–water partition coefficient (Wildman–Crippen LogP) is 22.2. The molecule has 0 radical (unpaired) electrons. The minimum Gasteiger partial charge on any atom is -0.466 e. The van der Waals surface area contributed by atoms with E-state index >= 15 is 0 Å². The van der Waals surface area contributed by atoms with Gasteiger partial charge in [0.15, 0.2) is 0 Å². The van der Waals surface area contributed by atoms with E-state index < -0.39 is 12.1 Å². The Kier molecular flexibility index (Phi) is 64.4. The Hall–Kier alpha value is -1.14. The average Bonchev–Trinajstić information content (AvgIpc) is 3.41. The van der Waals surface area contributed by atoms with Crippen molar-refractivity contribution in [2.45, 2.75) is 418 Å². The van der Waals surface area contributed by atoms with Crippen LogP contribution >= 0.6 is 0 Å². The van der Waals surface area contributed by atoms with Crippen LogP contribution in [-0.2, 0) is 14.3 Å². The topological polar surface area (TPSA) is 95.9 Å². The maximum Gasteiger partial charge on any atom is 0.305 e. The number of unbranched alkanes of at least 4 members (excludes halogenated alkanes) is 55. The first-order valence-electron chi connectivity index (χ1n) is 34.8. The Morgan fingerprint density at radius 3 is 0.813 bits per heavy atom. The number of carbonyl (C=O) groups excluding carboxylic acids is 2. The summed E-state index contributed by atoms with van der Waals surface area (Å²) < 4.78 is 5.51. The molecule has 2 unspecified atom stereocenters. The molecule has 0 aromatic heterocycles. The monoisotopic (exact) mass is 1060 g/mol. The molecule has 0 aliphatic rings. The third-order valence-electron chi connectivity index (χ3n) is 16.7. The number of carbonyl (C=O) groups is 2. The van der Waals surface area contributed by atoms with E-state index in [1.807, 2.05) is 0 Å². The fraction of sp³-hybridized carbons (Fsp3) is 0.971. The quantitative estimate of drug-likeness (QED) is 0.0417. The maximum atomic E-state index is 12.5. The molecule has 0 aliphatic carbocycles. The molecule has 3 N–H and O–H groups in total. The summed E-state index contributed by atoms with van der Waals surface area (Å²) in [4.78, 5) is 24.6. The van der Waals surface area contributed by atoms with E-state index in [0.29, 0.717) is 25.9 Å². The first-order valence-corrected chi connectivity index (χ1v) is 34.8. The smallest absolute Gasteiger partial charge is 0.305 e. The molecule has 6 nitrogen and oxygen atoms in total. The summed E-state index contributed by atoms with van der Waals surface area (Å²) in [7, 11) is 0. The molecule has 0 spiro atoms. The van der Waals surface area contributed by atoms with Gasteiger partial charge in [0.1, 0.15) is 0 Å². The standard InChI is InChI=1S/C69H137NO5/c1-3-5-7-9-11-13-15-17-19-21-31-35-39-43-47-51-55-59-63-69(74)75-64-60-56-52-48-44-40-36-32-28-26-24-22-23-25-27-30-34-38-42-46-50-54-58-62-68(73)70-66(65-71)67(72)61-57-53-49-45-41-37-33-29-20-18-16-14-12-10-8-6-4-2/h66-67,71-72H,3-65H2,1-2H3,(H,70,73). The van der Waals surface area contributed by atoms with E-state index in [-0.39, 0.29) is 18.5 Å². The molecule has 0 fully saturated rings. The Morgan fingerprint density at radius 2 is 0.547 bits per heavy atom. The molecule has 0 rings (SSSR count). The van der Waals surface area contributed by atoms with Gasteiger partial charge in [0.05, 0.1) is 25.4 Å². The number of aliphatic hydroxyl groups excluding tert-OH is 2. The molecule has 0 saturated heterocycles. The highest BCUT2D eigenvalue weighted by Crippen LogP contribution is 2.19. The van der Waals surface area contributed by atoms with Crippen molar-refractivity contribution in [1.29, 1.82) is 0 Å². The average molecular weight is 1060 g/mol. The molecule has 0 aliphatic heterocycles. The molecule has 0 aromatic rings. The van der Waals surface area contributed by atoms with E-state index in [4.69, 9.17) is 4.74 Å². The van der Waals surface area contributed by atoms with Crippen molar-refractivity contribution in [2.75, 3.05) is 13.2 Å². The van der Waals surface area contributed by atoms with Gasteiger partial charge in [-0.15, -0.1) is 0 Å². The minimum atomic E-state index is -0.663. The van der Waals surface area contributed by atoms with Gasteiger partial charge < -0.3 is 20.3 Å². The summed E-state index contributed by atoms with van der Waals surface area (Å²) in [6.45, 7) is 5.00. The first-order chi connectivity index (χ1) is 37.0. The van der Waals surface area contributed by atoms with Gasteiger partial charge in [-0.3, -0.25) is 9.59 Å². The van der Waals surface area contributed by atoms with Crippen molar-refractivity contribution in [3.05, 3.63) is 0 Å². The SMILES string of the molecule is CCCCCCCCCCCCCCCCCCCCC(=O)OCCCCCCCCCCCCCCCCCCCCCCCCCC(=O)NC(CO)C(O)CCCCCCCCCCCCCCCCCCC. The van der Waals surface area contributed by atoms with Gasteiger partial charge in [-0.2, -0.15) is 0 Å². The second-order valence-electron chi connectivity index (χ2n) is 24.2. The number of amides is 1. The van der Waals surface area contributed by atoms with Gasteiger partial charge in [-0.1, -0.05) is 367 Å². The number of rotatable bonds is 66. The molecule has 75 heavy (non-hydrogen) atoms. The highest BCUT2D eigenvalue weighted by molar-refractivity contribution is 5.76. The van der Waals surface area contributed by atoms with E-state index in [2.05, 4.69) is 19.2 Å². The summed E-state index contributed by atoms with van der Waals surface area (Å²) in [6, 6.07) is -0.540. The number of nitrogens with one attached hydrogen (secondary N) is 1. The predicted molar refractivity (Wildman–Crippen MR) is 329 cm³/mol. The number of esters is 1. The van der Waals surface area contributed by atoms with Gasteiger partial charge in [0, 0.05) is 12.8 Å². The molecular weight excluding hydrogens is 923 g/mol. The van der Waals surface area contributed by atoms with Crippen LogP contribution < -0.4 is 5.32 Å². The van der Waals surface area contributed by atoms with Crippen LogP contribution in [0.1, 0.15) is 406 Å². The van der Waals surface area contributed by atoms with Crippen LogP contribution in [-0.4, -0.2) is 47.4 Å². The Bertz CT molecular complexity index is 1080. The van der Waals surface area contributed by atoms with Crippen molar-refractivity contribution < 1.29 is 24.5 Å². The number of ether oxygens (including phenoxy) is 1. The first kappa shape index (κ1) is 73.9. The molecule has 0 heterocycles. The van der Waals surface area contributed by atoms with E-state index in [9.17, 15) is 19.8 Å². The third kappa shape index (κ3) is 61.9. The fourth-order valence-corrected chi connectivity index (χ4v) is 11.4. The van der Waals surface area contributed by atoms with E-state index in [1.54, 1.807) is 0 Å². The Morgan fingerprint density at radius 1 is 0.320 bits per heavy atom. The highest BCUT2D eigenvalue weighted by atomic mass is 16.5. The highest BCUT2D eigenvalue weighted by Gasteiger charge is 2.20. The van der Waals surface area contributed by atoms with Crippen LogP contribution in [0, 0.1) is 0 Å². The molecule has 0 bridgehead atoms. The largest absolute Gasteiger partial charge is 0.466 e. The maximum absolute atomic E-state index is 12.5. The second-order valence-corrected chi connectivity index (χ2v) is 24.2.